The predicted octanol–water partition coefficient (Wildman–Crippen LogP) is 2.51. The maximum absolute atomic E-state index is 12.4. The van der Waals surface area contributed by atoms with Crippen LogP contribution in [0.3, 0.4) is 0 Å². The van der Waals surface area contributed by atoms with E-state index in [1.54, 1.807) is 30.0 Å². The lowest BCUT2D eigenvalue weighted by molar-refractivity contribution is -0.153. The van der Waals surface area contributed by atoms with Gasteiger partial charge in [0.25, 0.3) is 0 Å². The number of carbonyl (C=O) groups is 3. The molecule has 1 aromatic carbocycles. The summed E-state index contributed by atoms with van der Waals surface area (Å²) < 4.78 is 5.57. The summed E-state index contributed by atoms with van der Waals surface area (Å²) in [5.41, 5.74) is 1.47. The number of rotatable bonds is 6. The van der Waals surface area contributed by atoms with Crippen LogP contribution in [0.1, 0.15) is 44.8 Å². The number of amides is 2. The molecule has 1 N–H and O–H groups in total. The Kier molecular flexibility index (Phi) is 5.06. The third kappa shape index (κ3) is 4.59. The molecule has 0 unspecified atom stereocenters. The summed E-state index contributed by atoms with van der Waals surface area (Å²) in [6, 6.07) is 7.23. The minimum Gasteiger partial charge on any atom is -0.458 e. The van der Waals surface area contributed by atoms with Gasteiger partial charge in [-0.25, -0.2) is 0 Å². The Morgan fingerprint density at radius 2 is 2.12 bits per heavy atom. The first-order valence-electron chi connectivity index (χ1n) is 8.78. The summed E-state index contributed by atoms with van der Waals surface area (Å²) in [4.78, 5) is 37.4. The van der Waals surface area contributed by atoms with E-state index in [0.29, 0.717) is 18.2 Å². The van der Waals surface area contributed by atoms with Gasteiger partial charge in [-0.1, -0.05) is 12.1 Å². The first-order chi connectivity index (χ1) is 11.9. The fourth-order valence-corrected chi connectivity index (χ4v) is 3.13. The van der Waals surface area contributed by atoms with Crippen molar-refractivity contribution in [3.05, 3.63) is 29.8 Å². The lowest BCUT2D eigenvalue weighted by Gasteiger charge is -2.18. The van der Waals surface area contributed by atoms with Crippen molar-refractivity contribution in [2.45, 2.75) is 39.2 Å². The van der Waals surface area contributed by atoms with Crippen molar-refractivity contribution in [3.63, 3.8) is 0 Å². The number of carbonyl (C=O) groups excluding carboxylic acids is 3. The summed E-state index contributed by atoms with van der Waals surface area (Å²) in [6.07, 6.45) is 2.17. The van der Waals surface area contributed by atoms with E-state index in [1.807, 2.05) is 6.07 Å². The SMILES string of the molecule is CC(=O)Nc1cccc([C@@H](C)OC(=O)[C@H]2CC(=O)N(CC3CC3)C2)c1. The maximum atomic E-state index is 12.4. The average molecular weight is 344 g/mol. The number of esters is 1. The Labute approximate surface area is 147 Å². The molecule has 2 aliphatic rings. The number of anilines is 1. The van der Waals surface area contributed by atoms with Gasteiger partial charge in [0.1, 0.15) is 6.10 Å². The standard InChI is InChI=1S/C19H24N2O4/c1-12(15-4-3-5-17(8-15)20-13(2)22)25-19(24)16-9-18(23)21(11-16)10-14-6-7-14/h3-5,8,12,14,16H,6-7,9-11H2,1-2H3,(H,20,22)/t12-,16+/m1/s1. The van der Waals surface area contributed by atoms with Gasteiger partial charge in [-0.2, -0.15) is 0 Å². The fraction of sp³-hybridized carbons (Fsp3) is 0.526. The van der Waals surface area contributed by atoms with Crippen molar-refractivity contribution < 1.29 is 19.1 Å². The summed E-state index contributed by atoms with van der Waals surface area (Å²) in [5, 5.41) is 2.71. The molecule has 2 atom stereocenters. The zero-order valence-electron chi connectivity index (χ0n) is 14.7. The van der Waals surface area contributed by atoms with Crippen LogP contribution >= 0.6 is 0 Å². The monoisotopic (exact) mass is 344 g/mol. The largest absolute Gasteiger partial charge is 0.458 e. The number of nitrogens with one attached hydrogen (secondary N) is 1. The van der Waals surface area contributed by atoms with E-state index >= 15 is 0 Å². The molecule has 1 saturated carbocycles. The Morgan fingerprint density at radius 1 is 1.36 bits per heavy atom. The molecule has 0 bridgehead atoms. The molecule has 134 valence electrons. The highest BCUT2D eigenvalue weighted by Crippen LogP contribution is 2.32. The van der Waals surface area contributed by atoms with Crippen LogP contribution < -0.4 is 5.32 Å². The Hall–Kier alpha value is -2.37. The van der Waals surface area contributed by atoms with Gasteiger partial charge >= 0.3 is 5.97 Å². The summed E-state index contributed by atoms with van der Waals surface area (Å²) in [5.74, 6) is -0.193. The van der Waals surface area contributed by atoms with E-state index in [0.717, 1.165) is 12.1 Å². The molecule has 1 saturated heterocycles. The predicted molar refractivity (Wildman–Crippen MR) is 92.7 cm³/mol. The van der Waals surface area contributed by atoms with E-state index in [1.165, 1.54) is 19.8 Å². The third-order valence-electron chi connectivity index (χ3n) is 4.69. The van der Waals surface area contributed by atoms with E-state index in [2.05, 4.69) is 5.32 Å². The van der Waals surface area contributed by atoms with Crippen molar-refractivity contribution in [3.8, 4) is 0 Å². The van der Waals surface area contributed by atoms with Crippen LogP contribution in [0.2, 0.25) is 0 Å². The second-order valence-electron chi connectivity index (χ2n) is 7.03. The fourth-order valence-electron chi connectivity index (χ4n) is 3.13. The molecule has 0 spiro atoms. The van der Waals surface area contributed by atoms with Crippen LogP contribution in [-0.4, -0.2) is 35.8 Å². The minimum atomic E-state index is -0.436. The third-order valence-corrected chi connectivity index (χ3v) is 4.69. The van der Waals surface area contributed by atoms with Crippen LogP contribution in [0.4, 0.5) is 5.69 Å². The molecule has 25 heavy (non-hydrogen) atoms. The Morgan fingerprint density at radius 3 is 2.80 bits per heavy atom. The van der Waals surface area contributed by atoms with E-state index < -0.39 is 6.10 Å². The zero-order chi connectivity index (χ0) is 18.0. The quantitative estimate of drug-likeness (QED) is 0.805. The van der Waals surface area contributed by atoms with Gasteiger partial charge < -0.3 is 15.0 Å². The van der Waals surface area contributed by atoms with Gasteiger partial charge in [0.05, 0.1) is 5.92 Å². The van der Waals surface area contributed by atoms with Gasteiger partial charge in [-0.05, 0) is 43.4 Å². The minimum absolute atomic E-state index is 0.0501. The molecule has 1 aliphatic heterocycles. The van der Waals surface area contributed by atoms with E-state index in [-0.39, 0.29) is 30.1 Å². The van der Waals surface area contributed by atoms with Crippen LogP contribution in [-0.2, 0) is 19.1 Å². The normalized spacial score (nSPS) is 21.1. The van der Waals surface area contributed by atoms with Crippen LogP contribution in [0.5, 0.6) is 0 Å². The van der Waals surface area contributed by atoms with Crippen molar-refractivity contribution in [2.24, 2.45) is 11.8 Å². The van der Waals surface area contributed by atoms with Crippen molar-refractivity contribution >= 4 is 23.5 Å². The summed E-state index contributed by atoms with van der Waals surface area (Å²) in [7, 11) is 0. The number of hydrogen-bond acceptors (Lipinski definition) is 4. The Bertz CT molecular complexity index is 684. The molecular formula is C19H24N2O4. The van der Waals surface area contributed by atoms with Crippen LogP contribution in [0.15, 0.2) is 24.3 Å². The van der Waals surface area contributed by atoms with Crippen LogP contribution in [0, 0.1) is 11.8 Å². The van der Waals surface area contributed by atoms with Gasteiger partial charge in [0, 0.05) is 32.1 Å². The summed E-state index contributed by atoms with van der Waals surface area (Å²) in [6.45, 7) is 4.48. The average Bonchev–Trinajstić information content (AvgIpc) is 3.29. The lowest BCUT2D eigenvalue weighted by atomic mass is 10.1. The number of likely N-dealkylation sites (tertiary alicyclic amines) is 1. The molecule has 1 aromatic rings. The topological polar surface area (TPSA) is 75.7 Å². The summed E-state index contributed by atoms with van der Waals surface area (Å²) >= 11 is 0. The molecule has 6 nitrogen and oxygen atoms in total. The van der Waals surface area contributed by atoms with E-state index in [9.17, 15) is 14.4 Å². The second kappa shape index (κ2) is 7.25. The zero-order valence-corrected chi connectivity index (χ0v) is 14.7. The van der Waals surface area contributed by atoms with Crippen molar-refractivity contribution in [1.82, 2.24) is 4.90 Å². The highest BCUT2D eigenvalue weighted by atomic mass is 16.5. The van der Waals surface area contributed by atoms with Gasteiger partial charge in [-0.15, -0.1) is 0 Å². The molecule has 6 heteroatoms. The molecule has 1 aliphatic carbocycles. The molecule has 0 aromatic heterocycles. The Balaban J connectivity index is 1.57. The van der Waals surface area contributed by atoms with Gasteiger partial charge in [-0.3, -0.25) is 14.4 Å². The highest BCUT2D eigenvalue weighted by Gasteiger charge is 2.38. The van der Waals surface area contributed by atoms with E-state index in [4.69, 9.17) is 4.74 Å². The van der Waals surface area contributed by atoms with Crippen molar-refractivity contribution in [1.29, 1.82) is 0 Å². The van der Waals surface area contributed by atoms with Gasteiger partial charge in [0.2, 0.25) is 11.8 Å². The highest BCUT2D eigenvalue weighted by molar-refractivity contribution is 5.89. The first-order valence-corrected chi connectivity index (χ1v) is 8.78. The molecule has 1 heterocycles. The molecule has 2 amide bonds. The number of hydrogen-bond donors (Lipinski definition) is 1. The van der Waals surface area contributed by atoms with Gasteiger partial charge in [0.15, 0.2) is 0 Å². The first kappa shape index (κ1) is 17.5. The second-order valence-corrected chi connectivity index (χ2v) is 7.03. The molecule has 0 radical (unpaired) electrons. The number of ether oxygens (including phenoxy) is 1. The van der Waals surface area contributed by atoms with Crippen molar-refractivity contribution in [2.75, 3.05) is 18.4 Å². The molecule has 2 fully saturated rings. The lowest BCUT2D eigenvalue weighted by Crippen LogP contribution is -2.29. The molecular weight excluding hydrogens is 320 g/mol. The number of nitrogens with zero attached hydrogens (tertiary/aromatic N) is 1. The number of benzene rings is 1. The van der Waals surface area contributed by atoms with Crippen LogP contribution in [0.25, 0.3) is 0 Å². The maximum Gasteiger partial charge on any atom is 0.311 e. The smallest absolute Gasteiger partial charge is 0.311 e. The molecule has 3 rings (SSSR count).